The molecule has 0 aliphatic heterocycles. The summed E-state index contributed by atoms with van der Waals surface area (Å²) in [5.41, 5.74) is 6.53. The molecular formula is C20H15N5. The maximum atomic E-state index is 9.14. The molecule has 0 aliphatic carbocycles. The molecule has 0 spiro atoms. The first-order chi connectivity index (χ1) is 12.2. The van der Waals surface area contributed by atoms with E-state index in [-0.39, 0.29) is 0 Å². The Labute approximate surface area is 145 Å². The number of pyridine rings is 2. The van der Waals surface area contributed by atoms with E-state index in [2.05, 4.69) is 46.3 Å². The van der Waals surface area contributed by atoms with Crippen molar-refractivity contribution in [1.82, 2.24) is 19.7 Å². The van der Waals surface area contributed by atoms with Crippen LogP contribution in [0.4, 0.5) is 0 Å². The van der Waals surface area contributed by atoms with Crippen LogP contribution in [0.25, 0.3) is 33.2 Å². The summed E-state index contributed by atoms with van der Waals surface area (Å²) in [6.07, 6.45) is 7.43. The third-order valence-corrected chi connectivity index (χ3v) is 4.27. The van der Waals surface area contributed by atoms with Gasteiger partial charge in [-0.15, -0.1) is 0 Å². The summed E-state index contributed by atoms with van der Waals surface area (Å²) in [4.78, 5) is 8.81. The van der Waals surface area contributed by atoms with Gasteiger partial charge in [0.15, 0.2) is 0 Å². The summed E-state index contributed by atoms with van der Waals surface area (Å²) in [6.45, 7) is 2.07. The highest BCUT2D eigenvalue weighted by Crippen LogP contribution is 2.31. The lowest BCUT2D eigenvalue weighted by molar-refractivity contribution is 0.768. The van der Waals surface area contributed by atoms with E-state index >= 15 is 0 Å². The number of aryl methyl sites for hydroxylation is 2. The van der Waals surface area contributed by atoms with Crippen LogP contribution in [-0.4, -0.2) is 19.7 Å². The Morgan fingerprint density at radius 3 is 2.60 bits per heavy atom. The number of hydrogen-bond acceptors (Lipinski definition) is 4. The second kappa shape index (κ2) is 5.84. The van der Waals surface area contributed by atoms with Gasteiger partial charge in [0.2, 0.25) is 0 Å². The first-order valence-corrected chi connectivity index (χ1v) is 7.90. The molecule has 5 nitrogen and oxygen atoms in total. The van der Waals surface area contributed by atoms with Gasteiger partial charge in [-0.3, -0.25) is 9.67 Å². The molecule has 3 heterocycles. The molecule has 4 aromatic rings. The largest absolute Gasteiger partial charge is 0.275 e. The molecule has 0 N–H and O–H groups in total. The molecule has 4 rings (SSSR count). The molecule has 0 fully saturated rings. The summed E-state index contributed by atoms with van der Waals surface area (Å²) in [5, 5.41) is 14.3. The van der Waals surface area contributed by atoms with Gasteiger partial charge in [0.25, 0.3) is 0 Å². The Morgan fingerprint density at radius 1 is 1.00 bits per heavy atom. The summed E-state index contributed by atoms with van der Waals surface area (Å²) < 4.78 is 1.79. The minimum absolute atomic E-state index is 0.407. The van der Waals surface area contributed by atoms with Crippen molar-refractivity contribution in [2.24, 2.45) is 7.05 Å². The molecule has 0 saturated heterocycles. The number of rotatable bonds is 2. The minimum atomic E-state index is 0.407. The van der Waals surface area contributed by atoms with Crippen LogP contribution in [0, 0.1) is 18.3 Å². The maximum absolute atomic E-state index is 9.14. The molecule has 1 aromatic carbocycles. The quantitative estimate of drug-likeness (QED) is 0.561. The molecule has 0 unspecified atom stereocenters. The Hall–Kier alpha value is -3.52. The second-order valence-corrected chi connectivity index (χ2v) is 6.00. The molecule has 0 bridgehead atoms. The number of nitrogens with zero attached hydrogens (tertiary/aromatic N) is 5. The van der Waals surface area contributed by atoms with Crippen LogP contribution in [-0.2, 0) is 7.05 Å². The maximum Gasteiger partial charge on any atom is 0.141 e. The smallest absolute Gasteiger partial charge is 0.141 e. The van der Waals surface area contributed by atoms with Crippen LogP contribution >= 0.6 is 0 Å². The molecule has 0 atom stereocenters. The molecule has 5 heteroatoms. The van der Waals surface area contributed by atoms with Gasteiger partial charge in [0.1, 0.15) is 11.8 Å². The molecule has 120 valence electrons. The molecular weight excluding hydrogens is 310 g/mol. The van der Waals surface area contributed by atoms with Gasteiger partial charge in [0, 0.05) is 42.2 Å². The van der Waals surface area contributed by atoms with Gasteiger partial charge >= 0.3 is 0 Å². The Balaban J connectivity index is 1.88. The van der Waals surface area contributed by atoms with E-state index in [1.54, 1.807) is 16.9 Å². The summed E-state index contributed by atoms with van der Waals surface area (Å²) in [5.74, 6) is 0. The van der Waals surface area contributed by atoms with Crippen LogP contribution in [0.15, 0.2) is 55.1 Å². The van der Waals surface area contributed by atoms with Crippen molar-refractivity contribution in [3.8, 4) is 28.3 Å². The van der Waals surface area contributed by atoms with Crippen LogP contribution in [0.3, 0.4) is 0 Å². The fourth-order valence-electron chi connectivity index (χ4n) is 3.02. The van der Waals surface area contributed by atoms with E-state index in [9.17, 15) is 0 Å². The molecule has 0 aliphatic rings. The van der Waals surface area contributed by atoms with Crippen molar-refractivity contribution in [2.45, 2.75) is 6.92 Å². The van der Waals surface area contributed by atoms with Crippen molar-refractivity contribution < 1.29 is 0 Å². The van der Waals surface area contributed by atoms with Gasteiger partial charge in [-0.25, -0.2) is 4.98 Å². The van der Waals surface area contributed by atoms with E-state index in [1.807, 2.05) is 31.7 Å². The molecule has 0 radical (unpaired) electrons. The molecule has 3 aromatic heterocycles. The molecule has 25 heavy (non-hydrogen) atoms. The number of aromatic nitrogens is 4. The Morgan fingerprint density at radius 2 is 1.88 bits per heavy atom. The molecule has 0 saturated carbocycles. The number of benzene rings is 1. The van der Waals surface area contributed by atoms with Crippen LogP contribution in [0.2, 0.25) is 0 Å². The first-order valence-electron chi connectivity index (χ1n) is 7.90. The monoisotopic (exact) mass is 325 g/mol. The number of fused-ring (bicyclic) bond motifs is 1. The Kier molecular flexibility index (Phi) is 3.51. The fourth-order valence-corrected chi connectivity index (χ4v) is 3.02. The average molecular weight is 325 g/mol. The van der Waals surface area contributed by atoms with E-state index in [0.717, 1.165) is 38.7 Å². The standard InChI is InChI=1S/C20H15N5/c1-13-7-14(16-10-23-25(2)12-16)4-6-18(13)19-11-22-9-15-3-5-17(8-21)24-20(15)19/h3-7,9-12H,1-2H3. The van der Waals surface area contributed by atoms with E-state index in [4.69, 9.17) is 5.26 Å². The lowest BCUT2D eigenvalue weighted by Crippen LogP contribution is -1.92. The lowest BCUT2D eigenvalue weighted by atomic mass is 9.96. The highest BCUT2D eigenvalue weighted by molar-refractivity contribution is 5.94. The van der Waals surface area contributed by atoms with Crippen LogP contribution in [0.1, 0.15) is 11.3 Å². The SMILES string of the molecule is Cc1cc(-c2cnn(C)c2)ccc1-c1cncc2ccc(C#N)nc12. The average Bonchev–Trinajstić information content (AvgIpc) is 3.07. The topological polar surface area (TPSA) is 67.4 Å². The van der Waals surface area contributed by atoms with Gasteiger partial charge in [-0.1, -0.05) is 18.2 Å². The van der Waals surface area contributed by atoms with E-state index in [1.165, 1.54) is 0 Å². The molecule has 0 amide bonds. The second-order valence-electron chi connectivity index (χ2n) is 6.00. The van der Waals surface area contributed by atoms with Crippen molar-refractivity contribution in [3.63, 3.8) is 0 Å². The van der Waals surface area contributed by atoms with Crippen molar-refractivity contribution in [3.05, 3.63) is 66.4 Å². The van der Waals surface area contributed by atoms with Crippen molar-refractivity contribution in [1.29, 1.82) is 5.26 Å². The zero-order valence-electron chi connectivity index (χ0n) is 13.9. The minimum Gasteiger partial charge on any atom is -0.275 e. The zero-order chi connectivity index (χ0) is 17.4. The highest BCUT2D eigenvalue weighted by Gasteiger charge is 2.11. The van der Waals surface area contributed by atoms with Gasteiger partial charge in [-0.2, -0.15) is 10.4 Å². The number of hydrogen-bond donors (Lipinski definition) is 0. The van der Waals surface area contributed by atoms with E-state index < -0.39 is 0 Å². The predicted octanol–water partition coefficient (Wildman–Crippen LogP) is 3.88. The van der Waals surface area contributed by atoms with Crippen molar-refractivity contribution >= 4 is 10.9 Å². The zero-order valence-corrected chi connectivity index (χ0v) is 13.9. The normalized spacial score (nSPS) is 10.8. The van der Waals surface area contributed by atoms with Crippen LogP contribution < -0.4 is 0 Å². The number of nitriles is 1. The third kappa shape index (κ3) is 2.64. The van der Waals surface area contributed by atoms with E-state index in [0.29, 0.717) is 5.69 Å². The predicted molar refractivity (Wildman–Crippen MR) is 96.6 cm³/mol. The third-order valence-electron chi connectivity index (χ3n) is 4.27. The highest BCUT2D eigenvalue weighted by atomic mass is 15.2. The van der Waals surface area contributed by atoms with Crippen LogP contribution in [0.5, 0.6) is 0 Å². The summed E-state index contributed by atoms with van der Waals surface area (Å²) >= 11 is 0. The summed E-state index contributed by atoms with van der Waals surface area (Å²) in [6, 6.07) is 12.0. The van der Waals surface area contributed by atoms with Gasteiger partial charge in [0.05, 0.1) is 11.7 Å². The lowest BCUT2D eigenvalue weighted by Gasteiger charge is -2.10. The summed E-state index contributed by atoms with van der Waals surface area (Å²) in [7, 11) is 1.91. The Bertz CT molecular complexity index is 1130. The first kappa shape index (κ1) is 15.0. The van der Waals surface area contributed by atoms with Gasteiger partial charge in [-0.05, 0) is 35.7 Å². The fraction of sp³-hybridized carbons (Fsp3) is 0.100. The van der Waals surface area contributed by atoms with Crippen molar-refractivity contribution in [2.75, 3.05) is 0 Å². The van der Waals surface area contributed by atoms with Gasteiger partial charge < -0.3 is 0 Å².